The van der Waals surface area contributed by atoms with Crippen LogP contribution in [0.3, 0.4) is 0 Å². The van der Waals surface area contributed by atoms with Crippen LogP contribution in [-0.2, 0) is 4.79 Å². The van der Waals surface area contributed by atoms with Gasteiger partial charge in [0.15, 0.2) is 0 Å². The van der Waals surface area contributed by atoms with Crippen LogP contribution in [0.4, 0.5) is 11.4 Å². The zero-order chi connectivity index (χ0) is 14.4. The first kappa shape index (κ1) is 13.6. The standard InChI is InChI=1S/C14H13N5O/c15-7-11(8-16)9-18-12-1-3-13(4-2-12)19-6-5-17-10-14(19)20/h1-4,9,17-18H,5-6,10H2. The van der Waals surface area contributed by atoms with Gasteiger partial charge in [-0.1, -0.05) is 0 Å². The van der Waals surface area contributed by atoms with Crippen LogP contribution >= 0.6 is 0 Å². The van der Waals surface area contributed by atoms with Crippen molar-refractivity contribution in [3.8, 4) is 12.1 Å². The van der Waals surface area contributed by atoms with Crippen molar-refractivity contribution in [2.24, 2.45) is 0 Å². The van der Waals surface area contributed by atoms with E-state index in [1.54, 1.807) is 29.2 Å². The summed E-state index contributed by atoms with van der Waals surface area (Å²) in [5.41, 5.74) is 1.59. The number of piperazine rings is 1. The summed E-state index contributed by atoms with van der Waals surface area (Å²) in [5, 5.41) is 23.1. The maximum Gasteiger partial charge on any atom is 0.240 e. The van der Waals surface area contributed by atoms with E-state index in [9.17, 15) is 4.79 Å². The van der Waals surface area contributed by atoms with Gasteiger partial charge in [-0.05, 0) is 24.3 Å². The molecule has 1 aliphatic rings. The summed E-state index contributed by atoms with van der Waals surface area (Å²) in [6.07, 6.45) is 1.35. The Morgan fingerprint density at radius 2 is 2.00 bits per heavy atom. The first-order chi connectivity index (χ1) is 9.74. The summed E-state index contributed by atoms with van der Waals surface area (Å²) in [4.78, 5) is 13.5. The second-order valence-electron chi connectivity index (χ2n) is 4.19. The van der Waals surface area contributed by atoms with E-state index < -0.39 is 0 Å². The van der Waals surface area contributed by atoms with Crippen molar-refractivity contribution in [3.05, 3.63) is 36.0 Å². The van der Waals surface area contributed by atoms with Gasteiger partial charge in [0.1, 0.15) is 17.7 Å². The average molecular weight is 267 g/mol. The molecule has 100 valence electrons. The topological polar surface area (TPSA) is 91.9 Å². The number of nitrogens with one attached hydrogen (secondary N) is 2. The zero-order valence-corrected chi connectivity index (χ0v) is 10.8. The highest BCUT2D eigenvalue weighted by Crippen LogP contribution is 2.19. The van der Waals surface area contributed by atoms with E-state index in [4.69, 9.17) is 10.5 Å². The van der Waals surface area contributed by atoms with Crippen LogP contribution in [0.15, 0.2) is 36.0 Å². The Balaban J connectivity index is 2.07. The Labute approximate surface area is 116 Å². The van der Waals surface area contributed by atoms with Crippen molar-refractivity contribution in [2.75, 3.05) is 29.9 Å². The monoisotopic (exact) mass is 267 g/mol. The third-order valence-electron chi connectivity index (χ3n) is 2.89. The lowest BCUT2D eigenvalue weighted by atomic mass is 10.2. The minimum atomic E-state index is 0.00589. The van der Waals surface area contributed by atoms with Gasteiger partial charge >= 0.3 is 0 Å². The van der Waals surface area contributed by atoms with Crippen LogP contribution in [0.1, 0.15) is 0 Å². The number of nitrogens with zero attached hydrogens (tertiary/aromatic N) is 3. The summed E-state index contributed by atoms with van der Waals surface area (Å²) >= 11 is 0. The fourth-order valence-electron chi connectivity index (χ4n) is 1.86. The first-order valence-electron chi connectivity index (χ1n) is 6.12. The van der Waals surface area contributed by atoms with E-state index in [2.05, 4.69) is 10.6 Å². The second kappa shape index (κ2) is 6.37. The Bertz CT molecular complexity index is 590. The number of benzene rings is 1. The fraction of sp³-hybridized carbons (Fsp3) is 0.214. The molecule has 0 saturated carbocycles. The van der Waals surface area contributed by atoms with E-state index in [1.807, 2.05) is 12.1 Å². The number of carbonyl (C=O) groups is 1. The SMILES string of the molecule is N#CC(C#N)=CNc1ccc(N2CCNCC2=O)cc1. The van der Waals surface area contributed by atoms with Gasteiger partial charge in [0.25, 0.3) is 0 Å². The lowest BCUT2D eigenvalue weighted by molar-refractivity contribution is -0.118. The molecular weight excluding hydrogens is 254 g/mol. The summed E-state index contributed by atoms with van der Waals surface area (Å²) < 4.78 is 0. The van der Waals surface area contributed by atoms with Crippen LogP contribution < -0.4 is 15.5 Å². The van der Waals surface area contributed by atoms with Crippen molar-refractivity contribution in [3.63, 3.8) is 0 Å². The molecule has 1 heterocycles. The van der Waals surface area contributed by atoms with E-state index in [0.29, 0.717) is 13.1 Å². The number of rotatable bonds is 3. The summed E-state index contributed by atoms with van der Waals surface area (Å²) in [6.45, 7) is 1.79. The summed E-state index contributed by atoms with van der Waals surface area (Å²) in [6, 6.07) is 10.8. The van der Waals surface area contributed by atoms with E-state index in [0.717, 1.165) is 17.9 Å². The predicted molar refractivity (Wildman–Crippen MR) is 74.6 cm³/mol. The van der Waals surface area contributed by atoms with Crippen LogP contribution in [-0.4, -0.2) is 25.5 Å². The van der Waals surface area contributed by atoms with Gasteiger partial charge in [-0.25, -0.2) is 0 Å². The maximum atomic E-state index is 11.7. The zero-order valence-electron chi connectivity index (χ0n) is 10.8. The maximum absolute atomic E-state index is 11.7. The first-order valence-corrected chi connectivity index (χ1v) is 6.12. The Morgan fingerprint density at radius 3 is 2.60 bits per heavy atom. The van der Waals surface area contributed by atoms with Crippen molar-refractivity contribution < 1.29 is 4.79 Å². The summed E-state index contributed by atoms with van der Waals surface area (Å²) in [7, 11) is 0. The molecule has 0 aliphatic carbocycles. The third-order valence-corrected chi connectivity index (χ3v) is 2.89. The van der Waals surface area contributed by atoms with Crippen molar-refractivity contribution in [1.29, 1.82) is 10.5 Å². The smallest absolute Gasteiger partial charge is 0.240 e. The Morgan fingerprint density at radius 1 is 1.30 bits per heavy atom. The molecule has 1 aromatic rings. The third kappa shape index (κ3) is 3.14. The number of hydrogen-bond acceptors (Lipinski definition) is 5. The molecular formula is C14H13N5O. The van der Waals surface area contributed by atoms with Crippen LogP contribution in [0.2, 0.25) is 0 Å². The second-order valence-corrected chi connectivity index (χ2v) is 4.19. The molecule has 2 N–H and O–H groups in total. The van der Waals surface area contributed by atoms with E-state index in [-0.39, 0.29) is 11.5 Å². The fourth-order valence-corrected chi connectivity index (χ4v) is 1.86. The molecule has 0 bridgehead atoms. The lowest BCUT2D eigenvalue weighted by Gasteiger charge is -2.27. The van der Waals surface area contributed by atoms with Gasteiger partial charge in [-0.3, -0.25) is 4.79 Å². The van der Waals surface area contributed by atoms with Crippen LogP contribution in [0, 0.1) is 22.7 Å². The molecule has 6 heteroatoms. The molecule has 1 fully saturated rings. The minimum Gasteiger partial charge on any atom is -0.360 e. The van der Waals surface area contributed by atoms with Gasteiger partial charge in [0, 0.05) is 30.7 Å². The van der Waals surface area contributed by atoms with Gasteiger partial charge < -0.3 is 15.5 Å². The van der Waals surface area contributed by atoms with Gasteiger partial charge in [0.05, 0.1) is 6.54 Å². The van der Waals surface area contributed by atoms with Crippen LogP contribution in [0.5, 0.6) is 0 Å². The quantitative estimate of drug-likeness (QED) is 0.796. The molecule has 1 aliphatic heterocycles. The number of amides is 1. The molecule has 1 aromatic carbocycles. The minimum absolute atomic E-state index is 0.00589. The molecule has 2 rings (SSSR count). The van der Waals surface area contributed by atoms with Crippen LogP contribution in [0.25, 0.3) is 0 Å². The number of hydrogen-bond donors (Lipinski definition) is 2. The molecule has 6 nitrogen and oxygen atoms in total. The lowest BCUT2D eigenvalue weighted by Crippen LogP contribution is -2.48. The van der Waals surface area contributed by atoms with Crippen molar-refractivity contribution >= 4 is 17.3 Å². The van der Waals surface area contributed by atoms with Crippen molar-refractivity contribution in [1.82, 2.24) is 5.32 Å². The van der Waals surface area contributed by atoms with Crippen molar-refractivity contribution in [2.45, 2.75) is 0 Å². The number of carbonyl (C=O) groups excluding carboxylic acids is 1. The molecule has 0 spiro atoms. The molecule has 20 heavy (non-hydrogen) atoms. The molecule has 1 amide bonds. The highest BCUT2D eigenvalue weighted by atomic mass is 16.2. The Kier molecular flexibility index (Phi) is 4.33. The molecule has 1 saturated heterocycles. The van der Waals surface area contributed by atoms with E-state index in [1.165, 1.54) is 6.20 Å². The van der Waals surface area contributed by atoms with Gasteiger partial charge in [-0.15, -0.1) is 0 Å². The molecule has 0 unspecified atom stereocenters. The van der Waals surface area contributed by atoms with Gasteiger partial charge in [-0.2, -0.15) is 10.5 Å². The highest BCUT2D eigenvalue weighted by molar-refractivity contribution is 5.95. The average Bonchev–Trinajstić information content (AvgIpc) is 2.49. The Hall–Kier alpha value is -2.83. The highest BCUT2D eigenvalue weighted by Gasteiger charge is 2.18. The van der Waals surface area contributed by atoms with E-state index >= 15 is 0 Å². The molecule has 0 atom stereocenters. The molecule has 0 radical (unpaired) electrons. The number of nitriles is 2. The van der Waals surface area contributed by atoms with Gasteiger partial charge in [0.2, 0.25) is 5.91 Å². The number of anilines is 2. The largest absolute Gasteiger partial charge is 0.360 e. The summed E-state index contributed by atoms with van der Waals surface area (Å²) in [5.74, 6) is 0.0492. The normalized spacial score (nSPS) is 14.1. The molecule has 0 aromatic heterocycles. The number of allylic oxidation sites excluding steroid dienone is 1. The predicted octanol–water partition coefficient (Wildman–Crippen LogP) is 0.966.